The number of nitrogens with one attached hydrogen (secondary N) is 2. The molecule has 0 spiro atoms. The van der Waals surface area contributed by atoms with E-state index in [9.17, 15) is 4.79 Å². The normalized spacial score (nSPS) is 31.2. The van der Waals surface area contributed by atoms with Gasteiger partial charge in [0.2, 0.25) is 5.91 Å². The fourth-order valence-corrected chi connectivity index (χ4v) is 2.61. The molecule has 2 fully saturated rings. The Labute approximate surface area is 97.8 Å². The third-order valence-corrected chi connectivity index (χ3v) is 3.65. The maximum Gasteiger partial charge on any atom is 0.229 e. The molecule has 0 bridgehead atoms. The lowest BCUT2D eigenvalue weighted by molar-refractivity contribution is -0.141. The second kappa shape index (κ2) is 4.72. The molecule has 4 heteroatoms. The van der Waals surface area contributed by atoms with Crippen LogP contribution in [0.5, 0.6) is 0 Å². The van der Waals surface area contributed by atoms with Crippen LogP contribution >= 0.6 is 0 Å². The molecule has 0 aromatic heterocycles. The lowest BCUT2D eigenvalue weighted by Gasteiger charge is -2.37. The van der Waals surface area contributed by atoms with E-state index in [0.717, 1.165) is 39.1 Å². The molecule has 2 rings (SSSR count). The second-order valence-corrected chi connectivity index (χ2v) is 5.56. The number of carbonyl (C=O) groups is 1. The third-order valence-electron chi connectivity index (χ3n) is 3.65. The Morgan fingerprint density at radius 1 is 1.31 bits per heavy atom. The van der Waals surface area contributed by atoms with Crippen molar-refractivity contribution >= 4 is 5.91 Å². The summed E-state index contributed by atoms with van der Waals surface area (Å²) in [5.41, 5.74) is -0.256. The van der Waals surface area contributed by atoms with Crippen LogP contribution < -0.4 is 10.6 Å². The lowest BCUT2D eigenvalue weighted by Crippen LogP contribution is -2.52. The average Bonchev–Trinajstić information content (AvgIpc) is 2.41. The molecule has 2 aliphatic heterocycles. The summed E-state index contributed by atoms with van der Waals surface area (Å²) in [4.78, 5) is 14.5. The molecule has 1 unspecified atom stereocenters. The topological polar surface area (TPSA) is 44.4 Å². The summed E-state index contributed by atoms with van der Waals surface area (Å²) in [6, 6.07) is 0.403. The van der Waals surface area contributed by atoms with Crippen LogP contribution in [-0.4, -0.2) is 49.6 Å². The molecule has 4 nitrogen and oxygen atoms in total. The van der Waals surface area contributed by atoms with Crippen LogP contribution in [0.3, 0.4) is 0 Å². The minimum Gasteiger partial charge on any atom is -0.337 e. The van der Waals surface area contributed by atoms with Gasteiger partial charge in [-0.25, -0.2) is 0 Å². The van der Waals surface area contributed by atoms with E-state index in [2.05, 4.69) is 15.5 Å². The van der Waals surface area contributed by atoms with E-state index in [0.29, 0.717) is 11.9 Å². The van der Waals surface area contributed by atoms with E-state index in [1.807, 2.05) is 13.8 Å². The van der Waals surface area contributed by atoms with Crippen LogP contribution in [0.1, 0.15) is 26.7 Å². The highest BCUT2D eigenvalue weighted by atomic mass is 16.2. The Balaban J connectivity index is 2.08. The zero-order chi connectivity index (χ0) is 11.6. The Morgan fingerprint density at radius 3 is 2.81 bits per heavy atom. The first-order valence-corrected chi connectivity index (χ1v) is 6.34. The smallest absolute Gasteiger partial charge is 0.229 e. The number of nitrogens with zero attached hydrogens (tertiary/aromatic N) is 1. The molecular formula is C12H23N3O. The minimum atomic E-state index is -0.256. The molecule has 0 radical (unpaired) electrons. The zero-order valence-electron chi connectivity index (χ0n) is 10.4. The van der Waals surface area contributed by atoms with Crippen LogP contribution in [0.4, 0.5) is 0 Å². The maximum atomic E-state index is 12.4. The van der Waals surface area contributed by atoms with Crippen LogP contribution in [-0.2, 0) is 4.79 Å². The van der Waals surface area contributed by atoms with Crippen LogP contribution in [0, 0.1) is 5.41 Å². The van der Waals surface area contributed by atoms with E-state index < -0.39 is 0 Å². The molecule has 0 aromatic carbocycles. The summed E-state index contributed by atoms with van der Waals surface area (Å²) >= 11 is 0. The summed E-state index contributed by atoms with van der Waals surface area (Å²) in [5, 5.41) is 6.74. The van der Waals surface area contributed by atoms with Crippen molar-refractivity contribution in [3.05, 3.63) is 0 Å². The summed E-state index contributed by atoms with van der Waals surface area (Å²) in [5.74, 6) is 0.311. The van der Waals surface area contributed by atoms with Gasteiger partial charge >= 0.3 is 0 Å². The van der Waals surface area contributed by atoms with Crippen LogP contribution in [0.2, 0.25) is 0 Å². The Hall–Kier alpha value is -0.610. The standard InChI is InChI=1S/C12H23N3O/c1-12(2)9-14-6-7-15(11(12)16)10-4-3-5-13-8-10/h10,13-14H,3-9H2,1-2H3. The quantitative estimate of drug-likeness (QED) is 0.670. The average molecular weight is 225 g/mol. The Kier molecular flexibility index (Phi) is 3.50. The molecule has 2 N–H and O–H groups in total. The third kappa shape index (κ3) is 2.38. The van der Waals surface area contributed by atoms with E-state index in [1.165, 1.54) is 6.42 Å². The van der Waals surface area contributed by atoms with E-state index in [-0.39, 0.29) is 5.41 Å². The number of piperidine rings is 1. The molecule has 1 amide bonds. The molecule has 16 heavy (non-hydrogen) atoms. The number of rotatable bonds is 1. The van der Waals surface area contributed by atoms with Crippen molar-refractivity contribution in [2.75, 3.05) is 32.7 Å². The number of carbonyl (C=O) groups excluding carboxylic acids is 1. The van der Waals surface area contributed by atoms with Gasteiger partial charge in [-0.2, -0.15) is 0 Å². The van der Waals surface area contributed by atoms with Crippen LogP contribution in [0.15, 0.2) is 0 Å². The van der Waals surface area contributed by atoms with Gasteiger partial charge in [0.25, 0.3) is 0 Å². The Morgan fingerprint density at radius 2 is 2.12 bits per heavy atom. The zero-order valence-corrected chi connectivity index (χ0v) is 10.4. The molecule has 2 aliphatic rings. The largest absolute Gasteiger partial charge is 0.337 e. The highest BCUT2D eigenvalue weighted by molar-refractivity contribution is 5.82. The van der Waals surface area contributed by atoms with Gasteiger partial charge in [-0.1, -0.05) is 0 Å². The van der Waals surface area contributed by atoms with Gasteiger partial charge in [0, 0.05) is 32.2 Å². The first kappa shape index (κ1) is 11.9. The van der Waals surface area contributed by atoms with E-state index in [4.69, 9.17) is 0 Å². The summed E-state index contributed by atoms with van der Waals surface area (Å²) < 4.78 is 0. The first-order chi connectivity index (χ1) is 7.61. The maximum absolute atomic E-state index is 12.4. The number of hydrogen-bond acceptors (Lipinski definition) is 3. The van der Waals surface area contributed by atoms with Crippen LogP contribution in [0.25, 0.3) is 0 Å². The number of amides is 1. The van der Waals surface area contributed by atoms with Crippen molar-refractivity contribution in [3.8, 4) is 0 Å². The summed E-state index contributed by atoms with van der Waals surface area (Å²) in [6.07, 6.45) is 2.33. The van der Waals surface area contributed by atoms with Gasteiger partial charge in [-0.3, -0.25) is 4.79 Å². The molecule has 1 atom stereocenters. The van der Waals surface area contributed by atoms with Gasteiger partial charge in [0.05, 0.1) is 5.41 Å². The fourth-order valence-electron chi connectivity index (χ4n) is 2.61. The van der Waals surface area contributed by atoms with Crippen molar-refractivity contribution in [1.29, 1.82) is 0 Å². The van der Waals surface area contributed by atoms with Crippen molar-refractivity contribution in [2.24, 2.45) is 5.41 Å². The first-order valence-electron chi connectivity index (χ1n) is 6.34. The van der Waals surface area contributed by atoms with Crippen molar-refractivity contribution in [2.45, 2.75) is 32.7 Å². The van der Waals surface area contributed by atoms with Gasteiger partial charge < -0.3 is 15.5 Å². The predicted molar refractivity (Wildman–Crippen MR) is 64.3 cm³/mol. The van der Waals surface area contributed by atoms with Gasteiger partial charge in [-0.15, -0.1) is 0 Å². The Bertz CT molecular complexity index is 259. The molecule has 0 aromatic rings. The second-order valence-electron chi connectivity index (χ2n) is 5.56. The monoisotopic (exact) mass is 225 g/mol. The molecule has 2 heterocycles. The summed E-state index contributed by atoms with van der Waals surface area (Å²) in [6.45, 7) is 8.71. The highest BCUT2D eigenvalue weighted by Gasteiger charge is 2.37. The van der Waals surface area contributed by atoms with Gasteiger partial charge in [0.1, 0.15) is 0 Å². The summed E-state index contributed by atoms with van der Waals surface area (Å²) in [7, 11) is 0. The highest BCUT2D eigenvalue weighted by Crippen LogP contribution is 2.23. The SMILES string of the molecule is CC1(C)CNCCN(C2CCCNC2)C1=O. The molecule has 92 valence electrons. The fraction of sp³-hybridized carbons (Fsp3) is 0.917. The van der Waals surface area contributed by atoms with Crippen molar-refractivity contribution in [1.82, 2.24) is 15.5 Å². The van der Waals surface area contributed by atoms with Gasteiger partial charge in [-0.05, 0) is 33.2 Å². The minimum absolute atomic E-state index is 0.256. The molecular weight excluding hydrogens is 202 g/mol. The molecule has 0 saturated carbocycles. The van der Waals surface area contributed by atoms with E-state index in [1.54, 1.807) is 0 Å². The predicted octanol–water partition coefficient (Wildman–Crippen LogP) is 0.196. The molecule has 0 aliphatic carbocycles. The van der Waals surface area contributed by atoms with E-state index >= 15 is 0 Å². The van der Waals surface area contributed by atoms with Gasteiger partial charge in [0.15, 0.2) is 0 Å². The molecule has 2 saturated heterocycles. The lowest BCUT2D eigenvalue weighted by atomic mass is 9.91. The number of hydrogen-bond donors (Lipinski definition) is 2. The van der Waals surface area contributed by atoms with Crippen molar-refractivity contribution in [3.63, 3.8) is 0 Å². The van der Waals surface area contributed by atoms with Crippen molar-refractivity contribution < 1.29 is 4.79 Å².